The predicted octanol–water partition coefficient (Wildman–Crippen LogP) is 4.65. The molecule has 0 bridgehead atoms. The van der Waals surface area contributed by atoms with E-state index in [-0.39, 0.29) is 5.97 Å². The highest BCUT2D eigenvalue weighted by Crippen LogP contribution is 2.25. The third-order valence-electron chi connectivity index (χ3n) is 4.03. The maximum atomic E-state index is 12.2. The van der Waals surface area contributed by atoms with Crippen molar-refractivity contribution < 1.29 is 9.53 Å². The second-order valence-electron chi connectivity index (χ2n) is 5.66. The third kappa shape index (κ3) is 3.53. The van der Waals surface area contributed by atoms with Crippen LogP contribution in [0.1, 0.15) is 39.9 Å². The van der Waals surface area contributed by atoms with Crippen LogP contribution in [0.5, 0.6) is 5.75 Å². The fraction of sp³-hybridized carbons (Fsp3) is 0.316. The number of hydrogen-bond acceptors (Lipinski definition) is 3. The Balaban J connectivity index is 1.71. The Bertz CT molecular complexity index is 662. The Kier molecular flexibility index (Phi) is 4.84. The first-order chi connectivity index (χ1) is 10.8. The van der Waals surface area contributed by atoms with Gasteiger partial charge in [-0.25, -0.2) is 4.79 Å². The molecule has 0 fully saturated rings. The van der Waals surface area contributed by atoms with E-state index in [0.717, 1.165) is 18.6 Å². The summed E-state index contributed by atoms with van der Waals surface area (Å²) in [6, 6.07) is 13.7. The maximum absolute atomic E-state index is 12.2. The van der Waals surface area contributed by atoms with Gasteiger partial charge in [-0.1, -0.05) is 18.2 Å². The van der Waals surface area contributed by atoms with Crippen LogP contribution < -0.4 is 4.74 Å². The first-order valence-electron chi connectivity index (χ1n) is 7.68. The van der Waals surface area contributed by atoms with Crippen LogP contribution in [-0.2, 0) is 18.6 Å². The van der Waals surface area contributed by atoms with Crippen molar-refractivity contribution in [2.45, 2.75) is 31.4 Å². The Morgan fingerprint density at radius 3 is 2.50 bits per heavy atom. The lowest BCUT2D eigenvalue weighted by molar-refractivity contribution is 0.0734. The zero-order valence-electron chi connectivity index (χ0n) is 12.8. The van der Waals surface area contributed by atoms with E-state index in [1.165, 1.54) is 29.5 Å². The van der Waals surface area contributed by atoms with Crippen LogP contribution in [0.4, 0.5) is 0 Å². The molecule has 0 saturated heterocycles. The summed E-state index contributed by atoms with van der Waals surface area (Å²) < 4.78 is 5.52. The van der Waals surface area contributed by atoms with Gasteiger partial charge in [0.1, 0.15) is 5.75 Å². The molecule has 22 heavy (non-hydrogen) atoms. The summed E-state index contributed by atoms with van der Waals surface area (Å²) in [6.07, 6.45) is 6.78. The lowest BCUT2D eigenvalue weighted by Crippen LogP contribution is -2.10. The van der Waals surface area contributed by atoms with Crippen molar-refractivity contribution in [1.82, 2.24) is 0 Å². The number of ether oxygens (including phenoxy) is 1. The molecule has 1 aliphatic rings. The van der Waals surface area contributed by atoms with Gasteiger partial charge < -0.3 is 4.74 Å². The SMILES string of the molecule is CSCc1ccc(C(=O)Oc2ccc3c(c2)CCCC3)cc1. The fourth-order valence-electron chi connectivity index (χ4n) is 2.84. The number of thioether (sulfide) groups is 1. The van der Waals surface area contributed by atoms with E-state index >= 15 is 0 Å². The van der Waals surface area contributed by atoms with Gasteiger partial charge in [-0.2, -0.15) is 11.8 Å². The number of rotatable bonds is 4. The zero-order valence-corrected chi connectivity index (χ0v) is 13.6. The highest BCUT2D eigenvalue weighted by molar-refractivity contribution is 7.97. The molecule has 2 aromatic rings. The van der Waals surface area contributed by atoms with E-state index in [1.54, 1.807) is 11.8 Å². The molecule has 0 spiro atoms. The average Bonchev–Trinajstić information content (AvgIpc) is 2.56. The second kappa shape index (κ2) is 7.01. The van der Waals surface area contributed by atoms with Crippen molar-refractivity contribution in [3.05, 3.63) is 64.7 Å². The van der Waals surface area contributed by atoms with Gasteiger partial charge in [0.2, 0.25) is 0 Å². The number of esters is 1. The molecule has 0 saturated carbocycles. The summed E-state index contributed by atoms with van der Waals surface area (Å²) in [4.78, 5) is 12.2. The molecule has 2 aromatic carbocycles. The summed E-state index contributed by atoms with van der Waals surface area (Å²) in [5.41, 5.74) is 4.54. The maximum Gasteiger partial charge on any atom is 0.343 e. The van der Waals surface area contributed by atoms with Crippen molar-refractivity contribution in [3.63, 3.8) is 0 Å². The number of carbonyl (C=O) groups excluding carboxylic acids is 1. The van der Waals surface area contributed by atoms with Crippen molar-refractivity contribution >= 4 is 17.7 Å². The minimum absolute atomic E-state index is 0.286. The Labute approximate surface area is 135 Å². The number of carbonyl (C=O) groups is 1. The second-order valence-corrected chi connectivity index (χ2v) is 6.52. The highest BCUT2D eigenvalue weighted by Gasteiger charge is 2.13. The molecule has 0 unspecified atom stereocenters. The molecular formula is C19H20O2S. The van der Waals surface area contributed by atoms with Gasteiger partial charge in [0, 0.05) is 5.75 Å². The molecule has 3 rings (SSSR count). The molecule has 0 radical (unpaired) electrons. The Hall–Kier alpha value is -1.74. The molecule has 0 amide bonds. The largest absolute Gasteiger partial charge is 0.423 e. The first-order valence-corrected chi connectivity index (χ1v) is 9.07. The molecule has 0 aliphatic heterocycles. The fourth-order valence-corrected chi connectivity index (χ4v) is 3.37. The molecule has 0 N–H and O–H groups in total. The van der Waals surface area contributed by atoms with Gasteiger partial charge in [-0.05, 0) is 72.9 Å². The van der Waals surface area contributed by atoms with Gasteiger partial charge >= 0.3 is 5.97 Å². The number of benzene rings is 2. The van der Waals surface area contributed by atoms with E-state index in [9.17, 15) is 4.79 Å². The lowest BCUT2D eigenvalue weighted by atomic mass is 9.92. The van der Waals surface area contributed by atoms with Crippen molar-refractivity contribution in [3.8, 4) is 5.75 Å². The van der Waals surface area contributed by atoms with Crippen molar-refractivity contribution in [2.75, 3.05) is 6.26 Å². The minimum Gasteiger partial charge on any atom is -0.423 e. The molecule has 0 atom stereocenters. The van der Waals surface area contributed by atoms with E-state index in [2.05, 4.69) is 12.3 Å². The monoisotopic (exact) mass is 312 g/mol. The van der Waals surface area contributed by atoms with Crippen LogP contribution in [0.2, 0.25) is 0 Å². The van der Waals surface area contributed by atoms with Crippen LogP contribution in [0.15, 0.2) is 42.5 Å². The summed E-state index contributed by atoms with van der Waals surface area (Å²) in [5, 5.41) is 0. The van der Waals surface area contributed by atoms with Crippen LogP contribution >= 0.6 is 11.8 Å². The van der Waals surface area contributed by atoms with Crippen LogP contribution in [-0.4, -0.2) is 12.2 Å². The average molecular weight is 312 g/mol. The van der Waals surface area contributed by atoms with E-state index in [4.69, 9.17) is 4.74 Å². The van der Waals surface area contributed by atoms with Gasteiger partial charge in [0.15, 0.2) is 0 Å². The summed E-state index contributed by atoms with van der Waals surface area (Å²) >= 11 is 1.77. The molecule has 114 valence electrons. The summed E-state index contributed by atoms with van der Waals surface area (Å²) in [5.74, 6) is 1.32. The first kappa shape index (κ1) is 15.2. The van der Waals surface area contributed by atoms with Gasteiger partial charge in [0.05, 0.1) is 5.56 Å². The summed E-state index contributed by atoms with van der Waals surface area (Å²) in [7, 11) is 0. The predicted molar refractivity (Wildman–Crippen MR) is 91.7 cm³/mol. The van der Waals surface area contributed by atoms with E-state index in [0.29, 0.717) is 11.3 Å². The standard InChI is InChI=1S/C19H20O2S/c1-22-13-14-6-8-16(9-7-14)19(20)21-18-11-10-15-4-2-3-5-17(15)12-18/h6-12H,2-5,13H2,1H3. The van der Waals surface area contributed by atoms with Crippen molar-refractivity contribution in [2.24, 2.45) is 0 Å². The minimum atomic E-state index is -0.286. The Morgan fingerprint density at radius 2 is 1.77 bits per heavy atom. The number of fused-ring (bicyclic) bond motifs is 1. The van der Waals surface area contributed by atoms with E-state index in [1.807, 2.05) is 36.4 Å². The molecule has 0 heterocycles. The Morgan fingerprint density at radius 1 is 1.05 bits per heavy atom. The third-order valence-corrected chi connectivity index (χ3v) is 4.65. The molecule has 2 nitrogen and oxygen atoms in total. The molecule has 1 aliphatic carbocycles. The van der Waals surface area contributed by atoms with Crippen LogP contribution in [0.25, 0.3) is 0 Å². The molecule has 3 heteroatoms. The zero-order chi connectivity index (χ0) is 15.4. The number of aryl methyl sites for hydroxylation is 2. The topological polar surface area (TPSA) is 26.3 Å². The number of hydrogen-bond donors (Lipinski definition) is 0. The van der Waals surface area contributed by atoms with E-state index < -0.39 is 0 Å². The van der Waals surface area contributed by atoms with Crippen LogP contribution in [0, 0.1) is 0 Å². The quantitative estimate of drug-likeness (QED) is 0.607. The van der Waals surface area contributed by atoms with Gasteiger partial charge in [0.25, 0.3) is 0 Å². The highest BCUT2D eigenvalue weighted by atomic mass is 32.2. The molecule has 0 aromatic heterocycles. The van der Waals surface area contributed by atoms with Crippen LogP contribution in [0.3, 0.4) is 0 Å². The smallest absolute Gasteiger partial charge is 0.343 e. The normalized spacial score (nSPS) is 13.5. The van der Waals surface area contributed by atoms with Gasteiger partial charge in [-0.3, -0.25) is 0 Å². The lowest BCUT2D eigenvalue weighted by Gasteiger charge is -2.16. The van der Waals surface area contributed by atoms with Crippen molar-refractivity contribution in [1.29, 1.82) is 0 Å². The molecular weight excluding hydrogens is 292 g/mol. The van der Waals surface area contributed by atoms with Gasteiger partial charge in [-0.15, -0.1) is 0 Å². The summed E-state index contributed by atoms with van der Waals surface area (Å²) in [6.45, 7) is 0.